The van der Waals surface area contributed by atoms with Gasteiger partial charge < -0.3 is 5.11 Å². The van der Waals surface area contributed by atoms with Crippen molar-refractivity contribution >= 4 is 5.97 Å². The number of carboxylic acids is 1. The van der Waals surface area contributed by atoms with Gasteiger partial charge >= 0.3 is 5.97 Å². The molecule has 0 aromatic carbocycles. The molecule has 1 N–H and O–H groups in total. The van der Waals surface area contributed by atoms with E-state index in [1.54, 1.807) is 0 Å². The highest BCUT2D eigenvalue weighted by molar-refractivity contribution is 5.73. The number of aliphatic carboxylic acids is 1. The van der Waals surface area contributed by atoms with E-state index in [1.165, 1.54) is 32.1 Å². The van der Waals surface area contributed by atoms with Crippen LogP contribution in [0, 0.1) is 0 Å². The van der Waals surface area contributed by atoms with Crippen molar-refractivity contribution in [3.05, 3.63) is 0 Å². The Morgan fingerprint density at radius 1 is 1.38 bits per heavy atom. The van der Waals surface area contributed by atoms with Crippen LogP contribution in [-0.4, -0.2) is 35.1 Å². The molecule has 3 nitrogen and oxygen atoms in total. The Morgan fingerprint density at radius 3 is 2.50 bits per heavy atom. The Kier molecular flexibility index (Phi) is 5.81. The van der Waals surface area contributed by atoms with Crippen LogP contribution in [0.1, 0.15) is 58.3 Å². The van der Waals surface area contributed by atoms with Gasteiger partial charge in [0, 0.05) is 6.04 Å². The summed E-state index contributed by atoms with van der Waals surface area (Å²) < 4.78 is 0. The summed E-state index contributed by atoms with van der Waals surface area (Å²) in [5, 5.41) is 9.26. The summed E-state index contributed by atoms with van der Waals surface area (Å²) >= 11 is 0. The van der Waals surface area contributed by atoms with Crippen molar-refractivity contribution < 1.29 is 9.90 Å². The molecule has 0 aromatic rings. The van der Waals surface area contributed by atoms with Gasteiger partial charge in [-0.3, -0.25) is 9.69 Å². The summed E-state index contributed by atoms with van der Waals surface area (Å²) in [5.74, 6) is -0.651. The van der Waals surface area contributed by atoms with Crippen LogP contribution in [0.15, 0.2) is 0 Å². The molecule has 1 unspecified atom stereocenters. The van der Waals surface area contributed by atoms with E-state index >= 15 is 0 Å². The van der Waals surface area contributed by atoms with E-state index in [0.29, 0.717) is 6.04 Å². The summed E-state index contributed by atoms with van der Waals surface area (Å²) in [7, 11) is 1.99. The van der Waals surface area contributed by atoms with Gasteiger partial charge in [-0.05, 0) is 26.3 Å². The van der Waals surface area contributed by atoms with E-state index in [9.17, 15) is 9.90 Å². The Balaban J connectivity index is 2.50. The maximum Gasteiger partial charge on any atom is 0.320 e. The number of likely N-dealkylation sites (N-methyl/N-ethyl adjacent to an activating group) is 1. The normalized spacial score (nSPS) is 19.9. The van der Waals surface area contributed by atoms with Crippen LogP contribution in [0.5, 0.6) is 0 Å². The van der Waals surface area contributed by atoms with Gasteiger partial charge in [-0.2, -0.15) is 0 Å². The Hall–Kier alpha value is -0.570. The maximum atomic E-state index is 11.2. The molecule has 0 bridgehead atoms. The Morgan fingerprint density at radius 2 is 2.00 bits per heavy atom. The summed E-state index contributed by atoms with van der Waals surface area (Å²) in [6, 6.07) is 0.217. The molecule has 1 aliphatic carbocycles. The maximum absolute atomic E-state index is 11.2. The molecule has 16 heavy (non-hydrogen) atoms. The van der Waals surface area contributed by atoms with Crippen molar-refractivity contribution in [1.29, 1.82) is 0 Å². The molecule has 0 saturated heterocycles. The highest BCUT2D eigenvalue weighted by Gasteiger charge is 2.28. The lowest BCUT2D eigenvalue weighted by atomic mass is 9.93. The smallest absolute Gasteiger partial charge is 0.320 e. The first-order chi connectivity index (χ1) is 7.66. The second-order valence-electron chi connectivity index (χ2n) is 4.95. The predicted molar refractivity (Wildman–Crippen MR) is 65.6 cm³/mol. The molecule has 1 atom stereocenters. The molecule has 3 heteroatoms. The molecular formula is C13H25NO2. The van der Waals surface area contributed by atoms with Gasteiger partial charge in [-0.25, -0.2) is 0 Å². The third kappa shape index (κ3) is 3.78. The quantitative estimate of drug-likeness (QED) is 0.758. The van der Waals surface area contributed by atoms with Crippen molar-refractivity contribution in [3.8, 4) is 0 Å². The molecule has 0 heterocycles. The van der Waals surface area contributed by atoms with Gasteiger partial charge in [0.25, 0.3) is 0 Å². The van der Waals surface area contributed by atoms with E-state index in [4.69, 9.17) is 0 Å². The minimum absolute atomic E-state index is 0.275. The van der Waals surface area contributed by atoms with E-state index in [0.717, 1.165) is 19.3 Å². The number of hydrogen-bond acceptors (Lipinski definition) is 2. The van der Waals surface area contributed by atoms with Crippen LogP contribution >= 0.6 is 0 Å². The zero-order valence-corrected chi connectivity index (χ0v) is 10.6. The third-order valence-corrected chi connectivity index (χ3v) is 3.76. The number of hydrogen-bond donors (Lipinski definition) is 1. The number of carboxylic acid groups (broad SMARTS) is 1. The van der Waals surface area contributed by atoms with Crippen LogP contribution in [0.3, 0.4) is 0 Å². The fourth-order valence-corrected chi connectivity index (χ4v) is 2.64. The first kappa shape index (κ1) is 13.5. The first-order valence-corrected chi connectivity index (χ1v) is 6.61. The fraction of sp³-hybridized carbons (Fsp3) is 0.923. The topological polar surface area (TPSA) is 40.5 Å². The van der Waals surface area contributed by atoms with Gasteiger partial charge in [-0.1, -0.05) is 39.0 Å². The molecule has 0 aliphatic heterocycles. The van der Waals surface area contributed by atoms with Gasteiger partial charge in [0.15, 0.2) is 0 Å². The lowest BCUT2D eigenvalue weighted by Gasteiger charge is -2.35. The van der Waals surface area contributed by atoms with E-state index < -0.39 is 5.97 Å². The lowest BCUT2D eigenvalue weighted by Crippen LogP contribution is -2.45. The summed E-state index contributed by atoms with van der Waals surface area (Å²) in [4.78, 5) is 13.4. The number of unbranched alkanes of at least 4 members (excludes halogenated alkanes) is 1. The van der Waals surface area contributed by atoms with Crippen LogP contribution in [0.25, 0.3) is 0 Å². The van der Waals surface area contributed by atoms with Crippen LogP contribution in [0.4, 0.5) is 0 Å². The average Bonchev–Trinajstić information content (AvgIpc) is 2.30. The van der Waals surface area contributed by atoms with Crippen LogP contribution in [0.2, 0.25) is 0 Å². The van der Waals surface area contributed by atoms with Gasteiger partial charge in [0.05, 0.1) is 0 Å². The monoisotopic (exact) mass is 227 g/mol. The van der Waals surface area contributed by atoms with Crippen molar-refractivity contribution in [2.24, 2.45) is 0 Å². The molecule has 94 valence electrons. The lowest BCUT2D eigenvalue weighted by molar-refractivity contribution is -0.144. The standard InChI is InChI=1S/C13H25NO2/c1-3-4-10-12(13(15)16)14(2)11-8-6-5-7-9-11/h11-12H,3-10H2,1-2H3,(H,15,16). The molecule has 1 rings (SSSR count). The highest BCUT2D eigenvalue weighted by Crippen LogP contribution is 2.24. The highest BCUT2D eigenvalue weighted by atomic mass is 16.4. The van der Waals surface area contributed by atoms with E-state index in [1.807, 2.05) is 7.05 Å². The van der Waals surface area contributed by atoms with Crippen molar-refractivity contribution in [1.82, 2.24) is 4.90 Å². The molecule has 0 radical (unpaired) electrons. The van der Waals surface area contributed by atoms with E-state index in [2.05, 4.69) is 11.8 Å². The van der Waals surface area contributed by atoms with Gasteiger partial charge in [0.1, 0.15) is 6.04 Å². The SMILES string of the molecule is CCCCC(C(=O)O)N(C)C1CCCCC1. The molecular weight excluding hydrogens is 202 g/mol. The number of nitrogens with zero attached hydrogens (tertiary/aromatic N) is 1. The zero-order chi connectivity index (χ0) is 12.0. The molecule has 1 fully saturated rings. The first-order valence-electron chi connectivity index (χ1n) is 6.61. The average molecular weight is 227 g/mol. The number of carbonyl (C=O) groups is 1. The van der Waals surface area contributed by atoms with Gasteiger partial charge in [0.2, 0.25) is 0 Å². The van der Waals surface area contributed by atoms with E-state index in [-0.39, 0.29) is 6.04 Å². The second-order valence-corrected chi connectivity index (χ2v) is 4.95. The summed E-state index contributed by atoms with van der Waals surface area (Å²) in [6.07, 6.45) is 9.05. The second kappa shape index (κ2) is 6.89. The Bertz CT molecular complexity index is 212. The molecule has 0 amide bonds. The molecule has 1 aliphatic rings. The summed E-state index contributed by atoms with van der Waals surface area (Å²) in [6.45, 7) is 2.11. The third-order valence-electron chi connectivity index (χ3n) is 3.76. The minimum Gasteiger partial charge on any atom is -0.480 e. The van der Waals surface area contributed by atoms with Gasteiger partial charge in [-0.15, -0.1) is 0 Å². The molecule has 0 spiro atoms. The molecule has 0 aromatic heterocycles. The fourth-order valence-electron chi connectivity index (χ4n) is 2.64. The molecule has 1 saturated carbocycles. The minimum atomic E-state index is -0.651. The van der Waals surface area contributed by atoms with Crippen LogP contribution in [-0.2, 0) is 4.79 Å². The van der Waals surface area contributed by atoms with Crippen molar-refractivity contribution in [3.63, 3.8) is 0 Å². The largest absolute Gasteiger partial charge is 0.480 e. The van der Waals surface area contributed by atoms with Crippen LogP contribution < -0.4 is 0 Å². The number of rotatable bonds is 6. The predicted octanol–water partition coefficient (Wildman–Crippen LogP) is 2.89. The van der Waals surface area contributed by atoms with Crippen molar-refractivity contribution in [2.45, 2.75) is 70.4 Å². The zero-order valence-electron chi connectivity index (χ0n) is 10.6. The Labute approximate surface area is 98.8 Å². The van der Waals surface area contributed by atoms with Crippen molar-refractivity contribution in [2.75, 3.05) is 7.05 Å². The summed E-state index contributed by atoms with van der Waals surface area (Å²) in [5.41, 5.74) is 0.